The number of thiophene rings is 1. The van der Waals surface area contributed by atoms with Crippen LogP contribution in [-0.2, 0) is 0 Å². The van der Waals surface area contributed by atoms with Gasteiger partial charge in [0.05, 0.1) is 30.1 Å². The summed E-state index contributed by atoms with van der Waals surface area (Å²) in [4.78, 5) is 4.57. The summed E-state index contributed by atoms with van der Waals surface area (Å²) < 4.78 is 12.0. The molecule has 6 heteroatoms. The van der Waals surface area contributed by atoms with Gasteiger partial charge in [-0.2, -0.15) is 0 Å². The lowest BCUT2D eigenvalue weighted by molar-refractivity contribution is 0.602. The van der Waals surface area contributed by atoms with Crippen LogP contribution in [0.4, 0.5) is 0 Å². The highest BCUT2D eigenvalue weighted by molar-refractivity contribution is 7.72. The zero-order chi connectivity index (χ0) is 33.5. The molecule has 0 amide bonds. The Labute approximate surface area is 298 Å². The summed E-state index contributed by atoms with van der Waals surface area (Å²) in [6, 6.07) is 59.7. The van der Waals surface area contributed by atoms with Gasteiger partial charge in [0.25, 0.3) is 0 Å². The molecule has 0 radical (unpaired) electrons. The molecule has 11 aromatic rings. The van der Waals surface area contributed by atoms with E-state index in [0.717, 1.165) is 22.2 Å². The fourth-order valence-electron chi connectivity index (χ4n) is 7.87. The van der Waals surface area contributed by atoms with Crippen LogP contribution >= 0.6 is 19.4 Å². The van der Waals surface area contributed by atoms with Gasteiger partial charge in [-0.05, 0) is 42.0 Å². The van der Waals surface area contributed by atoms with E-state index in [1.54, 1.807) is 0 Å². The third kappa shape index (κ3) is 4.32. The molecule has 4 heterocycles. The van der Waals surface area contributed by atoms with E-state index >= 15 is 0 Å². The molecule has 7 aromatic carbocycles. The van der Waals surface area contributed by atoms with Crippen molar-refractivity contribution in [1.82, 2.24) is 13.9 Å². The van der Waals surface area contributed by atoms with E-state index in [4.69, 9.17) is 4.42 Å². The molecule has 4 nitrogen and oxygen atoms in total. The second kappa shape index (κ2) is 11.3. The number of oxazole rings is 1. The highest BCUT2D eigenvalue weighted by atomic mass is 32.1. The molecule has 0 N–H and O–H groups in total. The Morgan fingerprint density at radius 1 is 0.529 bits per heavy atom. The lowest BCUT2D eigenvalue weighted by Crippen LogP contribution is -2.16. The van der Waals surface area contributed by atoms with Crippen LogP contribution in [0.15, 0.2) is 175 Å². The van der Waals surface area contributed by atoms with Crippen LogP contribution in [0, 0.1) is 0 Å². The second-order valence-electron chi connectivity index (χ2n) is 12.9. The van der Waals surface area contributed by atoms with Crippen LogP contribution in [0.2, 0.25) is 0 Å². The number of aromatic nitrogens is 3. The predicted octanol–water partition coefficient (Wildman–Crippen LogP) is 11.8. The topological polar surface area (TPSA) is 35.9 Å². The summed E-state index contributed by atoms with van der Waals surface area (Å²) in [5, 5.41) is 10.2. The van der Waals surface area contributed by atoms with E-state index in [-0.39, 0.29) is 0 Å². The number of nitrogens with zero attached hydrogens (tertiary/aromatic N) is 3. The Morgan fingerprint density at radius 3 is 1.98 bits per heavy atom. The van der Waals surface area contributed by atoms with E-state index in [1.165, 1.54) is 75.7 Å². The summed E-state index contributed by atoms with van der Waals surface area (Å²) in [5.74, 6) is 0. The molecule has 0 aliphatic heterocycles. The van der Waals surface area contributed by atoms with Gasteiger partial charge in [-0.1, -0.05) is 127 Å². The van der Waals surface area contributed by atoms with E-state index < -0.39 is 8.07 Å². The van der Waals surface area contributed by atoms with Crippen LogP contribution in [0.5, 0.6) is 0 Å². The molecule has 0 spiro atoms. The van der Waals surface area contributed by atoms with Crippen LogP contribution in [0.1, 0.15) is 0 Å². The summed E-state index contributed by atoms with van der Waals surface area (Å²) in [6.45, 7) is 0. The minimum absolute atomic E-state index is 0.794. The predicted molar refractivity (Wildman–Crippen MR) is 217 cm³/mol. The average molecular weight is 690 g/mol. The number of para-hydroxylation sites is 3. The van der Waals surface area contributed by atoms with E-state index in [0.29, 0.717) is 0 Å². The van der Waals surface area contributed by atoms with Gasteiger partial charge >= 0.3 is 0 Å². The highest BCUT2D eigenvalue weighted by Crippen LogP contribution is 2.48. The third-order valence-corrected chi connectivity index (χ3v) is 13.5. The normalized spacial score (nSPS) is 12.1. The molecule has 240 valence electrons. The molecule has 51 heavy (non-hydrogen) atoms. The smallest absolute Gasteiger partial charge is 0.182 e. The Balaban J connectivity index is 1.21. The zero-order valence-corrected chi connectivity index (χ0v) is 29.0. The van der Waals surface area contributed by atoms with Gasteiger partial charge in [-0.25, -0.2) is 4.98 Å². The minimum Gasteiger partial charge on any atom is -0.443 e. The molecular weight excluding hydrogens is 662 g/mol. The SMILES string of the molecule is c1ccc(P(c2ccccc2)n2c3ccccc3c3ccc4sc(-n5c6ccccc6c6ccc(-c7cccc8ocnc78)cc65)cc4c32)cc1. The maximum absolute atomic E-state index is 5.67. The van der Waals surface area contributed by atoms with Crippen LogP contribution < -0.4 is 10.6 Å². The molecule has 0 saturated heterocycles. The van der Waals surface area contributed by atoms with Gasteiger partial charge in [0.2, 0.25) is 0 Å². The largest absolute Gasteiger partial charge is 0.443 e. The quantitative estimate of drug-likeness (QED) is 0.169. The fraction of sp³-hybridized carbons (Fsp3) is 0. The molecule has 0 aliphatic rings. The first-order valence-corrected chi connectivity index (χ1v) is 19.2. The molecular formula is C45H28N3OPS. The molecule has 0 atom stereocenters. The zero-order valence-electron chi connectivity index (χ0n) is 27.3. The van der Waals surface area contributed by atoms with Crippen LogP contribution in [-0.4, -0.2) is 13.9 Å². The lowest BCUT2D eigenvalue weighted by Gasteiger charge is -2.23. The molecule has 4 aromatic heterocycles. The van der Waals surface area contributed by atoms with Gasteiger partial charge in [-0.3, -0.25) is 0 Å². The first kappa shape index (κ1) is 28.8. The van der Waals surface area contributed by atoms with E-state index in [9.17, 15) is 0 Å². The Hall–Kier alpha value is -6.00. The minimum atomic E-state index is -0.914. The molecule has 0 unspecified atom stereocenters. The highest BCUT2D eigenvalue weighted by Gasteiger charge is 2.25. The van der Waals surface area contributed by atoms with Crippen molar-refractivity contribution in [2.24, 2.45) is 0 Å². The van der Waals surface area contributed by atoms with Crippen LogP contribution in [0.3, 0.4) is 0 Å². The van der Waals surface area contributed by atoms with Gasteiger partial charge < -0.3 is 13.3 Å². The standard InChI is InChI=1S/C45H28N3OPS/c1-3-12-30(13-4-1)50(31-14-5-2-6-15-31)48-39-20-10-8-17-34(39)36-24-25-42-37(45(36)48)27-43(51-42)47-38-19-9-7-16-33(38)35-23-22-29(26-40(35)47)32-18-11-21-41-44(32)46-28-49-41/h1-28H. The van der Waals surface area contributed by atoms with Gasteiger partial charge in [-0.15, -0.1) is 11.3 Å². The first-order valence-electron chi connectivity index (χ1n) is 17.0. The van der Waals surface area contributed by atoms with Crippen molar-refractivity contribution >= 4 is 94.8 Å². The summed E-state index contributed by atoms with van der Waals surface area (Å²) >= 11 is 1.86. The maximum atomic E-state index is 5.67. The summed E-state index contributed by atoms with van der Waals surface area (Å²) in [5.41, 5.74) is 8.78. The Bertz CT molecular complexity index is 3060. The number of fused-ring (bicyclic) bond motifs is 9. The summed E-state index contributed by atoms with van der Waals surface area (Å²) in [7, 11) is -0.914. The molecule has 0 saturated carbocycles. The number of rotatable bonds is 5. The van der Waals surface area contributed by atoms with Crippen LogP contribution in [0.25, 0.3) is 80.9 Å². The Morgan fingerprint density at radius 2 is 1.20 bits per heavy atom. The van der Waals surface area contributed by atoms with Crippen molar-refractivity contribution in [2.45, 2.75) is 0 Å². The first-order chi connectivity index (χ1) is 25.3. The lowest BCUT2D eigenvalue weighted by atomic mass is 10.0. The van der Waals surface area contributed by atoms with E-state index in [2.05, 4.69) is 166 Å². The van der Waals surface area contributed by atoms with Crippen molar-refractivity contribution < 1.29 is 4.42 Å². The van der Waals surface area contributed by atoms with Crippen molar-refractivity contribution in [3.05, 3.63) is 170 Å². The van der Waals surface area contributed by atoms with Crippen molar-refractivity contribution in [3.63, 3.8) is 0 Å². The van der Waals surface area contributed by atoms with Gasteiger partial charge in [0.1, 0.15) is 10.5 Å². The van der Waals surface area contributed by atoms with Gasteiger partial charge in [0, 0.05) is 47.8 Å². The van der Waals surface area contributed by atoms with Crippen molar-refractivity contribution in [2.75, 3.05) is 0 Å². The molecule has 0 bridgehead atoms. The maximum Gasteiger partial charge on any atom is 0.182 e. The third-order valence-electron chi connectivity index (χ3n) is 10.1. The second-order valence-corrected chi connectivity index (χ2v) is 16.0. The summed E-state index contributed by atoms with van der Waals surface area (Å²) in [6.07, 6.45) is 1.53. The Kier molecular flexibility index (Phi) is 6.36. The molecule has 0 aliphatic carbocycles. The van der Waals surface area contributed by atoms with E-state index in [1.807, 2.05) is 23.5 Å². The van der Waals surface area contributed by atoms with Gasteiger partial charge in [0.15, 0.2) is 12.0 Å². The molecule has 11 rings (SSSR count). The molecule has 0 fully saturated rings. The monoisotopic (exact) mass is 689 g/mol. The van der Waals surface area contributed by atoms with Crippen molar-refractivity contribution in [1.29, 1.82) is 0 Å². The number of hydrogen-bond donors (Lipinski definition) is 0. The van der Waals surface area contributed by atoms with Crippen molar-refractivity contribution in [3.8, 4) is 16.1 Å². The number of benzene rings is 7. The fourth-order valence-corrected chi connectivity index (χ4v) is 11.4. The average Bonchev–Trinajstić information content (AvgIpc) is 3.98. The number of hydrogen-bond acceptors (Lipinski definition) is 3.